The molecule has 3 aromatic carbocycles. The summed E-state index contributed by atoms with van der Waals surface area (Å²) in [6.45, 7) is 9.53. The molecule has 12 heteroatoms. The topological polar surface area (TPSA) is 153 Å². The van der Waals surface area contributed by atoms with Crippen molar-refractivity contribution in [2.24, 2.45) is 22.9 Å². The Morgan fingerprint density at radius 3 is 2.30 bits per heavy atom. The van der Waals surface area contributed by atoms with E-state index in [-0.39, 0.29) is 55.8 Å². The van der Waals surface area contributed by atoms with Crippen LogP contribution in [0.4, 0.5) is 5.69 Å². The van der Waals surface area contributed by atoms with Gasteiger partial charge in [0.2, 0.25) is 11.7 Å². The number of hydrogen-bond acceptors (Lipinski definition) is 10. The smallest absolute Gasteiger partial charge is 0.273 e. The number of unbranched alkanes of at least 4 members (excludes halogenated alkanes) is 10. The van der Waals surface area contributed by atoms with E-state index in [2.05, 4.69) is 26.5 Å². The number of aliphatic hydroxyl groups excluding tert-OH is 2. The number of benzene rings is 3. The Morgan fingerprint density at radius 2 is 1.60 bits per heavy atom. The molecule has 6 atom stereocenters. The molecule has 3 aliphatic rings. The summed E-state index contributed by atoms with van der Waals surface area (Å²) in [5.74, 6) is -0.440. The molecule has 0 bridgehead atoms. The number of nitro benzene ring substituents is 1. The van der Waals surface area contributed by atoms with E-state index in [4.69, 9.17) is 24.2 Å². The van der Waals surface area contributed by atoms with E-state index in [0.717, 1.165) is 73.8 Å². The summed E-state index contributed by atoms with van der Waals surface area (Å²) in [6.07, 6.45) is 20.5. The maximum atomic E-state index is 14.9. The number of rotatable bonds is 30. The third-order valence-corrected chi connectivity index (χ3v) is 13.8. The van der Waals surface area contributed by atoms with E-state index >= 15 is 0 Å². The normalized spacial score (nSPS) is 22.2. The van der Waals surface area contributed by atoms with Crippen molar-refractivity contribution in [2.75, 3.05) is 26.4 Å². The first-order valence-corrected chi connectivity index (χ1v) is 25.2. The van der Waals surface area contributed by atoms with Gasteiger partial charge in [0.05, 0.1) is 29.2 Å². The average molecular weight is 922 g/mol. The quantitative estimate of drug-likeness (QED) is 0.0288. The molecule has 67 heavy (non-hydrogen) atoms. The predicted molar refractivity (Wildman–Crippen MR) is 263 cm³/mol. The molecule has 3 aromatic rings. The molecule has 0 saturated heterocycles. The van der Waals surface area contributed by atoms with Gasteiger partial charge in [0.25, 0.3) is 5.69 Å². The number of nitrogens with zero attached hydrogens (tertiary/aromatic N) is 3. The Hall–Kier alpha value is -5.04. The number of allylic oxidation sites excluding steroid dienone is 1. The monoisotopic (exact) mass is 922 g/mol. The van der Waals surface area contributed by atoms with E-state index in [1.807, 2.05) is 53.4 Å². The Bertz CT molecular complexity index is 2090. The van der Waals surface area contributed by atoms with Crippen LogP contribution in [0.1, 0.15) is 146 Å². The first-order chi connectivity index (χ1) is 32.8. The summed E-state index contributed by atoms with van der Waals surface area (Å²) >= 11 is 0. The first-order valence-electron chi connectivity index (χ1n) is 25.2. The molecule has 1 heterocycles. The Kier molecular flexibility index (Phi) is 20.3. The van der Waals surface area contributed by atoms with Gasteiger partial charge in [-0.25, -0.2) is 0 Å². The highest BCUT2D eigenvalue weighted by Gasteiger charge is 2.65. The fourth-order valence-corrected chi connectivity index (χ4v) is 10.7. The summed E-state index contributed by atoms with van der Waals surface area (Å²) in [5.41, 5.74) is 3.54. The molecule has 6 rings (SSSR count). The largest absolute Gasteiger partial charge is 0.459 e. The van der Waals surface area contributed by atoms with Crippen molar-refractivity contribution < 1.29 is 39.0 Å². The van der Waals surface area contributed by atoms with Crippen molar-refractivity contribution in [3.63, 3.8) is 0 Å². The summed E-state index contributed by atoms with van der Waals surface area (Å²) < 4.78 is 21.0. The Balaban J connectivity index is 1.48. The SMILES string of the molecule is C=CCOC12Oc3ccc(Oc4cccc([N+](=O)[O-])c4)cc3C3C(CCCCO)C(CCCCO)C=C(C(=NOCc4ccccc4)CC1N(CCC)C(=O)CCCCCCCCCCC)C32. The molecule has 1 fully saturated rings. The van der Waals surface area contributed by atoms with Gasteiger partial charge in [0, 0.05) is 50.1 Å². The molecule has 0 spiro atoms. The predicted octanol–water partition coefficient (Wildman–Crippen LogP) is 12.4. The standard InChI is InChI=1S/C55H75N3O9/c1-4-7-8-9-10-11-12-13-17-29-52(61)57(32-5-2)51-39-49(56-65-40-41-23-15-14-16-24-41)47-36-42(25-18-20-33-59)46(28-19-21-34-60)53-48-38-45(66-44-27-22-26-43(37-44)58(62)63)30-31-50(48)67-55(51,54(47)53)64-35-6-3/h6,14-16,22-24,26-27,30-31,36-38,42,46,51,53-54,59-60H,3-5,7-13,17-21,25,28-29,32-35,39-40H2,1-2H3. The maximum absolute atomic E-state index is 14.9. The number of nitro groups is 1. The zero-order valence-electron chi connectivity index (χ0n) is 40.0. The van der Waals surface area contributed by atoms with Gasteiger partial charge in [0.15, 0.2) is 0 Å². The van der Waals surface area contributed by atoms with Crippen molar-refractivity contribution in [3.8, 4) is 17.2 Å². The van der Waals surface area contributed by atoms with Crippen LogP contribution in [0, 0.1) is 27.9 Å². The van der Waals surface area contributed by atoms with Crippen LogP contribution in [-0.4, -0.2) is 69.8 Å². The molecule has 6 unspecified atom stereocenters. The molecule has 0 aromatic heterocycles. The van der Waals surface area contributed by atoms with Crippen molar-refractivity contribution in [2.45, 2.75) is 154 Å². The molecule has 0 radical (unpaired) electrons. The number of amides is 1. The van der Waals surface area contributed by atoms with E-state index in [1.54, 1.807) is 18.2 Å². The van der Waals surface area contributed by atoms with Crippen LogP contribution in [0.5, 0.6) is 17.2 Å². The van der Waals surface area contributed by atoms with E-state index in [1.165, 1.54) is 50.7 Å². The lowest BCUT2D eigenvalue weighted by Gasteiger charge is -2.60. The highest BCUT2D eigenvalue weighted by atomic mass is 16.7. The van der Waals surface area contributed by atoms with Crippen LogP contribution < -0.4 is 9.47 Å². The number of carbonyl (C=O) groups excluding carboxylic acids is 1. The van der Waals surface area contributed by atoms with Crippen molar-refractivity contribution >= 4 is 17.3 Å². The first kappa shape index (κ1) is 51.4. The fraction of sp³-hybridized carbons (Fsp3) is 0.564. The fourth-order valence-electron chi connectivity index (χ4n) is 10.7. The van der Waals surface area contributed by atoms with Gasteiger partial charge >= 0.3 is 0 Å². The minimum atomic E-state index is -1.35. The van der Waals surface area contributed by atoms with Gasteiger partial charge in [-0.05, 0) is 85.8 Å². The lowest BCUT2D eigenvalue weighted by Crippen LogP contribution is -2.70. The molecule has 1 amide bonds. The maximum Gasteiger partial charge on any atom is 0.273 e. The van der Waals surface area contributed by atoms with Gasteiger partial charge in [0.1, 0.15) is 29.9 Å². The lowest BCUT2D eigenvalue weighted by atomic mass is 9.55. The van der Waals surface area contributed by atoms with Crippen LogP contribution in [0.15, 0.2) is 102 Å². The van der Waals surface area contributed by atoms with Crippen LogP contribution in [-0.2, 0) is 21.0 Å². The second-order valence-electron chi connectivity index (χ2n) is 18.6. The van der Waals surface area contributed by atoms with Gasteiger partial charge in [-0.15, -0.1) is 6.58 Å². The molecule has 12 nitrogen and oxygen atoms in total. The second-order valence-corrected chi connectivity index (χ2v) is 18.6. The number of hydrogen-bond donors (Lipinski definition) is 2. The zero-order chi connectivity index (χ0) is 47.4. The summed E-state index contributed by atoms with van der Waals surface area (Å²) in [5, 5.41) is 36.7. The summed E-state index contributed by atoms with van der Waals surface area (Å²) in [6, 6.07) is 21.2. The van der Waals surface area contributed by atoms with Gasteiger partial charge in [-0.1, -0.05) is 132 Å². The molecule has 1 saturated carbocycles. The highest BCUT2D eigenvalue weighted by Crippen LogP contribution is 2.62. The van der Waals surface area contributed by atoms with Crippen molar-refractivity contribution in [1.82, 2.24) is 4.90 Å². The molecule has 364 valence electrons. The van der Waals surface area contributed by atoms with Crippen LogP contribution in [0.25, 0.3) is 0 Å². The lowest BCUT2D eigenvalue weighted by molar-refractivity contribution is -0.384. The average Bonchev–Trinajstić information content (AvgIpc) is 3.34. The molecular weight excluding hydrogens is 847 g/mol. The summed E-state index contributed by atoms with van der Waals surface area (Å²) in [7, 11) is 0. The summed E-state index contributed by atoms with van der Waals surface area (Å²) in [4.78, 5) is 34.4. The van der Waals surface area contributed by atoms with Crippen LogP contribution in [0.2, 0.25) is 0 Å². The zero-order valence-corrected chi connectivity index (χ0v) is 40.0. The second kappa shape index (κ2) is 26.5. The minimum absolute atomic E-state index is 0.0314. The number of aliphatic hydroxyl groups is 2. The number of ether oxygens (including phenoxy) is 3. The molecule has 1 aliphatic heterocycles. The van der Waals surface area contributed by atoms with Gasteiger partial charge < -0.3 is 34.2 Å². The Morgan fingerprint density at radius 1 is 0.881 bits per heavy atom. The van der Waals surface area contributed by atoms with Gasteiger partial charge in [-0.3, -0.25) is 14.9 Å². The van der Waals surface area contributed by atoms with E-state index in [0.29, 0.717) is 49.5 Å². The third kappa shape index (κ3) is 13.4. The molecule has 2 aliphatic carbocycles. The van der Waals surface area contributed by atoms with Crippen molar-refractivity contribution in [3.05, 3.63) is 118 Å². The van der Waals surface area contributed by atoms with E-state index < -0.39 is 22.7 Å². The minimum Gasteiger partial charge on any atom is -0.459 e. The van der Waals surface area contributed by atoms with Crippen LogP contribution >= 0.6 is 0 Å². The third-order valence-electron chi connectivity index (χ3n) is 13.8. The number of fused-ring (bicyclic) bond motifs is 2. The molecular formula is C55H75N3O9. The number of non-ortho nitro benzene ring substituents is 1. The van der Waals surface area contributed by atoms with Crippen molar-refractivity contribution in [1.29, 1.82) is 0 Å². The Labute approximate surface area is 398 Å². The van der Waals surface area contributed by atoms with E-state index in [9.17, 15) is 25.1 Å². The number of oxime groups is 1. The highest BCUT2D eigenvalue weighted by molar-refractivity contribution is 6.03. The van der Waals surface area contributed by atoms with Crippen LogP contribution in [0.3, 0.4) is 0 Å². The molecule has 2 N–H and O–H groups in total. The van der Waals surface area contributed by atoms with Gasteiger partial charge in [-0.2, -0.15) is 0 Å². The number of carbonyl (C=O) groups is 1.